The Morgan fingerprint density at radius 3 is 2.57 bits per heavy atom. The van der Waals surface area contributed by atoms with Crippen molar-refractivity contribution in [2.24, 2.45) is 0 Å². The van der Waals surface area contributed by atoms with Crippen LogP contribution in [0.25, 0.3) is 11.0 Å². The molecule has 1 fully saturated rings. The van der Waals surface area contributed by atoms with Crippen LogP contribution in [0.4, 0.5) is 0 Å². The van der Waals surface area contributed by atoms with Gasteiger partial charge in [-0.15, -0.1) is 0 Å². The predicted molar refractivity (Wildman–Crippen MR) is 110 cm³/mol. The van der Waals surface area contributed by atoms with Gasteiger partial charge in [0.15, 0.2) is 11.5 Å². The van der Waals surface area contributed by atoms with E-state index < -0.39 is 6.10 Å². The second-order valence-corrected chi connectivity index (χ2v) is 7.55. The van der Waals surface area contributed by atoms with E-state index >= 15 is 0 Å². The minimum Gasteiger partial charge on any atom is -0.485 e. The maximum atomic E-state index is 12.9. The zero-order chi connectivity index (χ0) is 20.5. The van der Waals surface area contributed by atoms with Gasteiger partial charge in [-0.25, -0.2) is 4.98 Å². The number of rotatable bonds is 4. The number of carbonyl (C=O) groups is 1. The minimum atomic E-state index is -0.606. The quantitative estimate of drug-likeness (QED) is 0.704. The van der Waals surface area contributed by atoms with Gasteiger partial charge in [-0.3, -0.25) is 9.69 Å². The van der Waals surface area contributed by atoms with Crippen LogP contribution in [0.15, 0.2) is 48.5 Å². The molecule has 0 radical (unpaired) electrons. The highest BCUT2D eigenvalue weighted by Gasteiger charge is 2.32. The van der Waals surface area contributed by atoms with Crippen molar-refractivity contribution in [1.82, 2.24) is 19.4 Å². The number of aliphatic hydroxyl groups excluding tert-OH is 1. The molecule has 30 heavy (non-hydrogen) atoms. The summed E-state index contributed by atoms with van der Waals surface area (Å²) in [5.41, 5.74) is 1.89. The van der Waals surface area contributed by atoms with Gasteiger partial charge in [0.1, 0.15) is 19.0 Å². The van der Waals surface area contributed by atoms with Crippen molar-refractivity contribution in [1.29, 1.82) is 0 Å². The summed E-state index contributed by atoms with van der Waals surface area (Å²) in [6, 6.07) is 15.3. The highest BCUT2D eigenvalue weighted by Crippen LogP contribution is 2.31. The normalized spacial score (nSPS) is 19.2. The zero-order valence-corrected chi connectivity index (χ0v) is 16.6. The molecule has 0 spiro atoms. The summed E-state index contributed by atoms with van der Waals surface area (Å²) < 4.78 is 13.6. The molecular weight excluding hydrogens is 384 g/mol. The van der Waals surface area contributed by atoms with Gasteiger partial charge >= 0.3 is 0 Å². The van der Waals surface area contributed by atoms with Gasteiger partial charge in [0.05, 0.1) is 17.7 Å². The summed E-state index contributed by atoms with van der Waals surface area (Å²) >= 11 is 0. The average molecular weight is 408 g/mol. The number of fused-ring (bicyclic) bond motifs is 2. The van der Waals surface area contributed by atoms with Gasteiger partial charge in [0.25, 0.3) is 5.91 Å². The lowest BCUT2D eigenvalue weighted by atomic mass is 10.2. The number of benzene rings is 2. The molecule has 1 atom stereocenters. The third-order valence-corrected chi connectivity index (χ3v) is 5.68. The van der Waals surface area contributed by atoms with Crippen LogP contribution in [0.2, 0.25) is 0 Å². The van der Waals surface area contributed by atoms with Crippen LogP contribution in [-0.2, 0) is 18.1 Å². The highest BCUT2D eigenvalue weighted by atomic mass is 16.6. The van der Waals surface area contributed by atoms with Crippen LogP contribution in [0.3, 0.4) is 0 Å². The fourth-order valence-corrected chi connectivity index (χ4v) is 4.06. The molecule has 2 aromatic carbocycles. The fourth-order valence-electron chi connectivity index (χ4n) is 4.06. The first kappa shape index (κ1) is 18.9. The third kappa shape index (κ3) is 3.48. The Balaban J connectivity index is 1.22. The van der Waals surface area contributed by atoms with Crippen LogP contribution in [-0.4, -0.2) is 69.3 Å². The van der Waals surface area contributed by atoms with Crippen molar-refractivity contribution in [2.75, 3.05) is 32.8 Å². The molecule has 5 rings (SSSR count). The standard InChI is InChI=1S/C22H24N4O4/c27-13-21-23-16-5-1-2-6-17(16)26(21)15-24-9-11-25(12-10-24)22(28)20-14-29-18-7-3-4-8-19(18)30-20/h1-8,20,27H,9-15H2/t20-/m1/s1. The van der Waals surface area contributed by atoms with Gasteiger partial charge in [0.2, 0.25) is 6.10 Å². The Kier molecular flexibility index (Phi) is 5.02. The molecule has 1 aromatic heterocycles. The monoisotopic (exact) mass is 408 g/mol. The van der Waals surface area contributed by atoms with E-state index in [4.69, 9.17) is 9.47 Å². The summed E-state index contributed by atoms with van der Waals surface area (Å²) in [5.74, 6) is 1.91. The van der Waals surface area contributed by atoms with Crippen molar-refractivity contribution in [2.45, 2.75) is 19.4 Å². The molecule has 0 unspecified atom stereocenters. The summed E-state index contributed by atoms with van der Waals surface area (Å²) in [6.45, 7) is 3.50. The van der Waals surface area contributed by atoms with E-state index in [9.17, 15) is 9.90 Å². The maximum absolute atomic E-state index is 12.9. The molecule has 8 nitrogen and oxygen atoms in total. The molecule has 1 N–H and O–H groups in total. The van der Waals surface area contributed by atoms with Crippen LogP contribution < -0.4 is 9.47 Å². The van der Waals surface area contributed by atoms with Crippen LogP contribution >= 0.6 is 0 Å². The number of para-hydroxylation sites is 4. The Morgan fingerprint density at radius 1 is 1.03 bits per heavy atom. The van der Waals surface area contributed by atoms with Crippen molar-refractivity contribution in [3.8, 4) is 11.5 Å². The first-order chi connectivity index (χ1) is 14.7. The first-order valence-corrected chi connectivity index (χ1v) is 10.2. The van der Waals surface area contributed by atoms with Crippen LogP contribution in [0.5, 0.6) is 11.5 Å². The van der Waals surface area contributed by atoms with Crippen LogP contribution in [0.1, 0.15) is 5.82 Å². The van der Waals surface area contributed by atoms with E-state index in [0.29, 0.717) is 37.1 Å². The summed E-state index contributed by atoms with van der Waals surface area (Å²) in [6.07, 6.45) is -0.606. The first-order valence-electron chi connectivity index (χ1n) is 10.2. The Hall–Kier alpha value is -3.10. The van der Waals surface area contributed by atoms with E-state index in [1.54, 1.807) is 0 Å². The molecule has 0 aliphatic carbocycles. The molecule has 1 amide bonds. The molecule has 8 heteroatoms. The molecular formula is C22H24N4O4. The molecule has 2 aliphatic heterocycles. The number of hydrogen-bond donors (Lipinski definition) is 1. The Morgan fingerprint density at radius 2 is 1.77 bits per heavy atom. The number of aromatic nitrogens is 2. The second kappa shape index (κ2) is 7.97. The highest BCUT2D eigenvalue weighted by molar-refractivity contribution is 5.82. The van der Waals surface area contributed by atoms with Crippen molar-refractivity contribution >= 4 is 16.9 Å². The topological polar surface area (TPSA) is 80.1 Å². The SMILES string of the molecule is O=C([C@H]1COc2ccccc2O1)N1CCN(Cn2c(CO)nc3ccccc32)CC1. The van der Waals surface area contributed by atoms with Gasteiger partial charge in [-0.05, 0) is 24.3 Å². The summed E-state index contributed by atoms with van der Waals surface area (Å²) in [4.78, 5) is 21.5. The van der Waals surface area contributed by atoms with E-state index in [1.807, 2.05) is 58.0 Å². The number of imidazole rings is 1. The van der Waals surface area contributed by atoms with Crippen molar-refractivity contribution in [3.63, 3.8) is 0 Å². The largest absolute Gasteiger partial charge is 0.485 e. The van der Waals surface area contributed by atoms with Gasteiger partial charge in [-0.1, -0.05) is 24.3 Å². The molecule has 0 bridgehead atoms. The van der Waals surface area contributed by atoms with Crippen LogP contribution in [0, 0.1) is 0 Å². The number of aliphatic hydroxyl groups is 1. The second-order valence-electron chi connectivity index (χ2n) is 7.55. The third-order valence-electron chi connectivity index (χ3n) is 5.68. The van der Waals surface area contributed by atoms with E-state index in [1.165, 1.54) is 0 Å². The lowest BCUT2D eigenvalue weighted by Gasteiger charge is -2.37. The lowest BCUT2D eigenvalue weighted by molar-refractivity contribution is -0.143. The summed E-state index contributed by atoms with van der Waals surface area (Å²) in [5, 5.41) is 9.70. The number of carbonyl (C=O) groups excluding carboxylic acids is 1. The van der Waals surface area contributed by atoms with Gasteiger partial charge in [0, 0.05) is 26.2 Å². The zero-order valence-electron chi connectivity index (χ0n) is 16.6. The predicted octanol–water partition coefficient (Wildman–Crippen LogP) is 1.47. The van der Waals surface area contributed by atoms with E-state index in [0.717, 1.165) is 24.1 Å². The van der Waals surface area contributed by atoms with E-state index in [2.05, 4.69) is 9.88 Å². The number of hydrogen-bond acceptors (Lipinski definition) is 6. The van der Waals surface area contributed by atoms with Gasteiger partial charge < -0.3 is 24.0 Å². The Labute approximate surface area is 174 Å². The smallest absolute Gasteiger partial charge is 0.267 e. The number of piperazine rings is 1. The van der Waals surface area contributed by atoms with E-state index in [-0.39, 0.29) is 19.1 Å². The lowest BCUT2D eigenvalue weighted by Crippen LogP contribution is -2.54. The number of ether oxygens (including phenoxy) is 2. The molecule has 0 saturated carbocycles. The molecule has 2 aliphatic rings. The van der Waals surface area contributed by atoms with Crippen molar-refractivity contribution < 1.29 is 19.4 Å². The number of amides is 1. The van der Waals surface area contributed by atoms with Crippen molar-refractivity contribution in [3.05, 3.63) is 54.4 Å². The Bertz CT molecular complexity index is 1060. The molecule has 1 saturated heterocycles. The number of nitrogens with zero attached hydrogens (tertiary/aromatic N) is 4. The minimum absolute atomic E-state index is 0.0340. The average Bonchev–Trinajstić information content (AvgIpc) is 3.16. The molecule has 156 valence electrons. The van der Waals surface area contributed by atoms with Gasteiger partial charge in [-0.2, -0.15) is 0 Å². The molecule has 3 heterocycles. The summed E-state index contributed by atoms with van der Waals surface area (Å²) in [7, 11) is 0. The molecule has 3 aromatic rings. The maximum Gasteiger partial charge on any atom is 0.267 e. The fraction of sp³-hybridized carbons (Fsp3) is 0.364.